The molecule has 1 saturated carbocycles. The molecule has 0 bridgehead atoms. The zero-order valence-electron chi connectivity index (χ0n) is 10.7. The summed E-state index contributed by atoms with van der Waals surface area (Å²) in [5.41, 5.74) is 4.71. The molecule has 1 amide bonds. The van der Waals surface area contributed by atoms with Crippen molar-refractivity contribution in [3.63, 3.8) is 0 Å². The van der Waals surface area contributed by atoms with E-state index in [0.717, 1.165) is 12.8 Å². The van der Waals surface area contributed by atoms with E-state index in [1.165, 1.54) is 4.90 Å². The zero-order valence-corrected chi connectivity index (χ0v) is 10.7. The molecule has 0 spiro atoms. The molecule has 0 aromatic heterocycles. The lowest BCUT2D eigenvalue weighted by Gasteiger charge is -2.22. The highest BCUT2D eigenvalue weighted by Gasteiger charge is 2.35. The highest BCUT2D eigenvalue weighted by Crippen LogP contribution is 2.31. The van der Waals surface area contributed by atoms with Crippen molar-refractivity contribution in [1.29, 1.82) is 0 Å². The van der Waals surface area contributed by atoms with Gasteiger partial charge in [-0.05, 0) is 31.9 Å². The predicted molar refractivity (Wildman–Crippen MR) is 65.7 cm³/mol. The van der Waals surface area contributed by atoms with Crippen LogP contribution in [-0.2, 0) is 0 Å². The molecule has 20 heavy (non-hydrogen) atoms. The largest absolute Gasteiger partial charge is 0.503 e. The normalized spacial score (nSPS) is 14.4. The summed E-state index contributed by atoms with van der Waals surface area (Å²) >= 11 is 0. The molecular weight excluding hydrogens is 273 g/mol. The fourth-order valence-electron chi connectivity index (χ4n) is 2.00. The first-order valence-corrected chi connectivity index (χ1v) is 6.34. The Hall–Kier alpha value is -1.76. The maximum absolute atomic E-state index is 13.7. The van der Waals surface area contributed by atoms with Crippen molar-refractivity contribution in [2.45, 2.75) is 25.3 Å². The summed E-state index contributed by atoms with van der Waals surface area (Å²) in [5.74, 6) is -6.82. The Morgan fingerprint density at radius 2 is 2.00 bits per heavy atom. The second-order valence-corrected chi connectivity index (χ2v) is 4.75. The van der Waals surface area contributed by atoms with Gasteiger partial charge in [0.2, 0.25) is 5.82 Å². The Balaban J connectivity index is 2.31. The number of nitrogens with two attached hydrogens (primary N) is 1. The molecule has 1 aromatic rings. The number of hydrogen-bond donors (Lipinski definition) is 2. The van der Waals surface area contributed by atoms with E-state index < -0.39 is 34.7 Å². The molecule has 110 valence electrons. The van der Waals surface area contributed by atoms with Crippen molar-refractivity contribution >= 4 is 5.91 Å². The van der Waals surface area contributed by atoms with Gasteiger partial charge in [-0.2, -0.15) is 4.39 Å². The Bertz CT molecular complexity index is 533. The van der Waals surface area contributed by atoms with Crippen LogP contribution in [0.4, 0.5) is 13.2 Å². The van der Waals surface area contributed by atoms with Crippen molar-refractivity contribution < 1.29 is 23.1 Å². The first kappa shape index (κ1) is 14.6. The van der Waals surface area contributed by atoms with E-state index in [-0.39, 0.29) is 6.04 Å². The fraction of sp³-hybridized carbons (Fsp3) is 0.462. The Morgan fingerprint density at radius 1 is 1.35 bits per heavy atom. The van der Waals surface area contributed by atoms with E-state index in [0.29, 0.717) is 25.6 Å². The van der Waals surface area contributed by atoms with Gasteiger partial charge in [-0.1, -0.05) is 0 Å². The smallest absolute Gasteiger partial charge is 0.257 e. The minimum Gasteiger partial charge on any atom is -0.503 e. The van der Waals surface area contributed by atoms with Crippen molar-refractivity contribution in [1.82, 2.24) is 4.90 Å². The van der Waals surface area contributed by atoms with Crippen LogP contribution in [0, 0.1) is 17.5 Å². The van der Waals surface area contributed by atoms with Crippen molar-refractivity contribution in [3.8, 4) is 5.75 Å². The number of phenolic OH excluding ortho intramolecular Hbond substituents is 1. The lowest BCUT2D eigenvalue weighted by molar-refractivity contribution is 0.0735. The number of rotatable bonds is 5. The minimum atomic E-state index is -1.70. The molecule has 0 aliphatic heterocycles. The van der Waals surface area contributed by atoms with Gasteiger partial charge < -0.3 is 15.7 Å². The lowest BCUT2D eigenvalue weighted by Crippen LogP contribution is -2.35. The van der Waals surface area contributed by atoms with E-state index in [1.807, 2.05) is 0 Å². The standard InChI is InChI=1S/C13H15F3N2O2/c14-9-6-8(10(15)12(19)11(9)16)13(20)18(5-1-4-17)7-2-3-7/h6-7,19H,1-5,17H2. The molecule has 1 aromatic carbocycles. The van der Waals surface area contributed by atoms with Crippen LogP contribution >= 0.6 is 0 Å². The third-order valence-electron chi connectivity index (χ3n) is 3.22. The van der Waals surface area contributed by atoms with Gasteiger partial charge >= 0.3 is 0 Å². The molecule has 0 atom stereocenters. The average molecular weight is 288 g/mol. The SMILES string of the molecule is NCCCN(C(=O)c1cc(F)c(F)c(O)c1F)C1CC1. The molecule has 1 fully saturated rings. The van der Waals surface area contributed by atoms with Crippen LogP contribution in [0.15, 0.2) is 6.07 Å². The van der Waals surface area contributed by atoms with Crippen molar-refractivity contribution in [2.24, 2.45) is 5.73 Å². The van der Waals surface area contributed by atoms with E-state index in [2.05, 4.69) is 0 Å². The number of aromatic hydroxyl groups is 1. The number of amides is 1. The first-order chi connectivity index (χ1) is 9.47. The zero-order chi connectivity index (χ0) is 14.9. The summed E-state index contributed by atoms with van der Waals surface area (Å²) < 4.78 is 40.0. The molecule has 4 nitrogen and oxygen atoms in total. The van der Waals surface area contributed by atoms with Gasteiger partial charge in [0.15, 0.2) is 17.4 Å². The Kier molecular flexibility index (Phi) is 4.17. The number of halogens is 3. The minimum absolute atomic E-state index is 0.0243. The molecule has 1 aliphatic rings. The molecular formula is C13H15F3N2O2. The van der Waals surface area contributed by atoms with Gasteiger partial charge in [-0.15, -0.1) is 0 Å². The van der Waals surface area contributed by atoms with E-state index in [9.17, 15) is 18.0 Å². The highest BCUT2D eigenvalue weighted by molar-refractivity contribution is 5.95. The maximum Gasteiger partial charge on any atom is 0.257 e. The second-order valence-electron chi connectivity index (χ2n) is 4.75. The monoisotopic (exact) mass is 288 g/mol. The highest BCUT2D eigenvalue weighted by atomic mass is 19.2. The van der Waals surface area contributed by atoms with E-state index >= 15 is 0 Å². The van der Waals surface area contributed by atoms with Crippen molar-refractivity contribution in [2.75, 3.05) is 13.1 Å². The molecule has 7 heteroatoms. The Morgan fingerprint density at radius 3 is 2.55 bits per heavy atom. The number of benzene rings is 1. The number of nitrogens with zero attached hydrogens (tertiary/aromatic N) is 1. The maximum atomic E-state index is 13.7. The third-order valence-corrected chi connectivity index (χ3v) is 3.22. The Labute approximate surface area is 114 Å². The summed E-state index contributed by atoms with van der Waals surface area (Å²) in [6, 6.07) is 0.452. The van der Waals surface area contributed by atoms with Crippen LogP contribution < -0.4 is 5.73 Å². The average Bonchev–Trinajstić information content (AvgIpc) is 3.25. The third kappa shape index (κ3) is 2.72. The quantitative estimate of drug-likeness (QED) is 0.811. The summed E-state index contributed by atoms with van der Waals surface area (Å²) in [5, 5.41) is 9.15. The van der Waals surface area contributed by atoms with Gasteiger partial charge in [-0.3, -0.25) is 4.79 Å². The molecule has 0 unspecified atom stereocenters. The topological polar surface area (TPSA) is 66.6 Å². The van der Waals surface area contributed by atoms with Crippen LogP contribution in [0.2, 0.25) is 0 Å². The summed E-state index contributed by atoms with van der Waals surface area (Å²) in [4.78, 5) is 13.6. The summed E-state index contributed by atoms with van der Waals surface area (Å²) in [6.07, 6.45) is 2.10. The van der Waals surface area contributed by atoms with Crippen LogP contribution in [0.25, 0.3) is 0 Å². The van der Waals surface area contributed by atoms with Crippen LogP contribution in [0.1, 0.15) is 29.6 Å². The molecule has 0 radical (unpaired) electrons. The summed E-state index contributed by atoms with van der Waals surface area (Å²) in [6.45, 7) is 0.682. The molecule has 0 saturated heterocycles. The van der Waals surface area contributed by atoms with Crippen LogP contribution in [-0.4, -0.2) is 35.0 Å². The first-order valence-electron chi connectivity index (χ1n) is 6.34. The number of carbonyl (C=O) groups excluding carboxylic acids is 1. The van der Waals surface area contributed by atoms with E-state index in [1.54, 1.807) is 0 Å². The van der Waals surface area contributed by atoms with E-state index in [4.69, 9.17) is 10.8 Å². The second kappa shape index (κ2) is 5.70. The molecule has 0 heterocycles. The van der Waals surface area contributed by atoms with Gasteiger partial charge in [0, 0.05) is 12.6 Å². The number of phenols is 1. The fourth-order valence-corrected chi connectivity index (χ4v) is 2.00. The number of hydrogen-bond acceptors (Lipinski definition) is 3. The van der Waals surface area contributed by atoms with Crippen LogP contribution in [0.3, 0.4) is 0 Å². The predicted octanol–water partition coefficient (Wildman–Crippen LogP) is 1.76. The van der Waals surface area contributed by atoms with Gasteiger partial charge in [0.05, 0.1) is 5.56 Å². The number of carbonyl (C=O) groups is 1. The van der Waals surface area contributed by atoms with Crippen molar-refractivity contribution in [3.05, 3.63) is 29.1 Å². The van der Waals surface area contributed by atoms with Gasteiger partial charge in [0.1, 0.15) is 0 Å². The lowest BCUT2D eigenvalue weighted by atomic mass is 10.1. The molecule has 1 aliphatic carbocycles. The summed E-state index contributed by atoms with van der Waals surface area (Å²) in [7, 11) is 0. The van der Waals surface area contributed by atoms with Crippen LogP contribution in [0.5, 0.6) is 5.75 Å². The van der Waals surface area contributed by atoms with Gasteiger partial charge in [0.25, 0.3) is 5.91 Å². The molecule has 3 N–H and O–H groups in total. The molecule has 2 rings (SSSR count). The van der Waals surface area contributed by atoms with Gasteiger partial charge in [-0.25, -0.2) is 8.78 Å².